The molecule has 0 fully saturated rings. The van der Waals surface area contributed by atoms with Gasteiger partial charge >= 0.3 is 0 Å². The molecule has 17 heavy (non-hydrogen) atoms. The van der Waals surface area contributed by atoms with E-state index in [-0.39, 0.29) is 11.9 Å². The summed E-state index contributed by atoms with van der Waals surface area (Å²) in [5.41, 5.74) is 8.01. The average Bonchev–Trinajstić information content (AvgIpc) is 2.28. The first kappa shape index (κ1) is 12.3. The van der Waals surface area contributed by atoms with Crippen molar-refractivity contribution in [1.29, 1.82) is 0 Å². The van der Waals surface area contributed by atoms with Crippen LogP contribution in [0.2, 0.25) is 0 Å². The summed E-state index contributed by atoms with van der Waals surface area (Å²) in [6.07, 6.45) is 9.28. The lowest BCUT2D eigenvalue weighted by atomic mass is 9.91. The summed E-state index contributed by atoms with van der Waals surface area (Å²) in [7, 11) is 0. The van der Waals surface area contributed by atoms with Crippen LogP contribution >= 0.6 is 0 Å². The van der Waals surface area contributed by atoms with Crippen LogP contribution in [0.3, 0.4) is 0 Å². The van der Waals surface area contributed by atoms with Gasteiger partial charge in [0.1, 0.15) is 5.82 Å². The second-order valence-corrected chi connectivity index (χ2v) is 4.73. The molecule has 1 aliphatic rings. The average molecular weight is 233 g/mol. The molecule has 0 aromatic heterocycles. The molecule has 0 radical (unpaired) electrons. The fourth-order valence-electron chi connectivity index (χ4n) is 2.43. The maximum Gasteiger partial charge on any atom is 0.128 e. The van der Waals surface area contributed by atoms with Crippen LogP contribution in [0.25, 0.3) is 0 Å². The molecule has 0 saturated heterocycles. The molecule has 0 bridgehead atoms. The lowest BCUT2D eigenvalue weighted by Gasteiger charge is -2.19. The van der Waals surface area contributed by atoms with Crippen LogP contribution in [0.1, 0.15) is 50.1 Å². The topological polar surface area (TPSA) is 26.0 Å². The summed E-state index contributed by atoms with van der Waals surface area (Å²) >= 11 is 0. The predicted molar refractivity (Wildman–Crippen MR) is 69.1 cm³/mol. The van der Waals surface area contributed by atoms with E-state index in [4.69, 9.17) is 5.73 Å². The molecule has 0 heterocycles. The van der Waals surface area contributed by atoms with E-state index in [1.807, 2.05) is 6.07 Å². The molecule has 1 aromatic carbocycles. The van der Waals surface area contributed by atoms with Gasteiger partial charge in [0.25, 0.3) is 0 Å². The zero-order chi connectivity index (χ0) is 12.1. The van der Waals surface area contributed by atoms with Crippen molar-refractivity contribution in [1.82, 2.24) is 0 Å². The van der Waals surface area contributed by atoms with Crippen LogP contribution in [0, 0.1) is 5.82 Å². The van der Waals surface area contributed by atoms with Gasteiger partial charge in [0.15, 0.2) is 0 Å². The highest BCUT2D eigenvalue weighted by molar-refractivity contribution is 5.29. The minimum atomic E-state index is -0.269. The number of hydrogen-bond acceptors (Lipinski definition) is 1. The summed E-state index contributed by atoms with van der Waals surface area (Å²) < 4.78 is 13.7. The fourth-order valence-corrected chi connectivity index (χ4v) is 2.43. The Hall–Kier alpha value is -1.15. The van der Waals surface area contributed by atoms with E-state index >= 15 is 0 Å². The van der Waals surface area contributed by atoms with Crippen molar-refractivity contribution >= 4 is 0 Å². The van der Waals surface area contributed by atoms with Crippen LogP contribution in [0.5, 0.6) is 0 Å². The monoisotopic (exact) mass is 233 g/mol. The number of allylic oxidation sites excluding steroid dienone is 1. The van der Waals surface area contributed by atoms with Crippen molar-refractivity contribution in [2.24, 2.45) is 5.73 Å². The molecule has 1 unspecified atom stereocenters. The molecule has 1 aliphatic carbocycles. The second-order valence-electron chi connectivity index (χ2n) is 4.73. The minimum Gasteiger partial charge on any atom is -0.320 e. The van der Waals surface area contributed by atoms with Crippen molar-refractivity contribution in [2.45, 2.75) is 44.6 Å². The van der Waals surface area contributed by atoms with Crippen molar-refractivity contribution in [3.63, 3.8) is 0 Å². The Morgan fingerprint density at radius 2 is 1.82 bits per heavy atom. The van der Waals surface area contributed by atoms with Crippen LogP contribution in [-0.2, 0) is 0 Å². The van der Waals surface area contributed by atoms with E-state index in [2.05, 4.69) is 6.08 Å². The first-order valence-electron chi connectivity index (χ1n) is 6.48. The Bertz CT molecular complexity index is 398. The Kier molecular flexibility index (Phi) is 4.32. The van der Waals surface area contributed by atoms with Gasteiger partial charge in [0, 0.05) is 5.56 Å². The number of halogens is 1. The van der Waals surface area contributed by atoms with Gasteiger partial charge in [-0.25, -0.2) is 4.39 Å². The highest BCUT2D eigenvalue weighted by Crippen LogP contribution is 2.28. The number of hydrogen-bond donors (Lipinski definition) is 1. The van der Waals surface area contributed by atoms with Gasteiger partial charge in [-0.15, -0.1) is 0 Å². The lowest BCUT2D eigenvalue weighted by molar-refractivity contribution is 0.574. The van der Waals surface area contributed by atoms with Crippen LogP contribution in [-0.4, -0.2) is 0 Å². The molecule has 2 N–H and O–H groups in total. The van der Waals surface area contributed by atoms with Crippen molar-refractivity contribution in [3.8, 4) is 0 Å². The summed E-state index contributed by atoms with van der Waals surface area (Å²) in [5, 5.41) is 0. The summed E-state index contributed by atoms with van der Waals surface area (Å²) in [6, 6.07) is 6.56. The van der Waals surface area contributed by atoms with Gasteiger partial charge < -0.3 is 5.73 Å². The highest BCUT2D eigenvalue weighted by atomic mass is 19.1. The standard InChI is InChI=1S/C15H20FN/c16-14-11-7-6-10-13(14)15(17)12-8-4-2-1-3-5-9-12/h6-8,10-11,15H,1-5,9,17H2/b12-8+. The van der Waals surface area contributed by atoms with Crippen molar-refractivity contribution in [3.05, 3.63) is 47.3 Å². The summed E-state index contributed by atoms with van der Waals surface area (Å²) in [4.78, 5) is 0. The maximum absolute atomic E-state index is 13.7. The highest BCUT2D eigenvalue weighted by Gasteiger charge is 2.15. The van der Waals surface area contributed by atoms with E-state index in [0.717, 1.165) is 12.8 Å². The molecule has 1 atom stereocenters. The lowest BCUT2D eigenvalue weighted by Crippen LogP contribution is -2.15. The second kappa shape index (κ2) is 5.97. The smallest absolute Gasteiger partial charge is 0.128 e. The number of benzene rings is 1. The molecule has 1 aromatic rings. The molecule has 0 saturated carbocycles. The Morgan fingerprint density at radius 1 is 1.06 bits per heavy atom. The van der Waals surface area contributed by atoms with Crippen LogP contribution < -0.4 is 5.73 Å². The van der Waals surface area contributed by atoms with E-state index in [0.29, 0.717) is 5.56 Å². The van der Waals surface area contributed by atoms with E-state index < -0.39 is 0 Å². The van der Waals surface area contributed by atoms with Crippen molar-refractivity contribution in [2.75, 3.05) is 0 Å². The van der Waals surface area contributed by atoms with E-state index in [9.17, 15) is 4.39 Å². The molecule has 92 valence electrons. The zero-order valence-corrected chi connectivity index (χ0v) is 10.2. The third kappa shape index (κ3) is 3.16. The number of rotatable bonds is 2. The third-order valence-corrected chi connectivity index (χ3v) is 3.47. The van der Waals surface area contributed by atoms with Gasteiger partial charge in [-0.3, -0.25) is 0 Å². The van der Waals surface area contributed by atoms with Crippen LogP contribution in [0.15, 0.2) is 35.9 Å². The third-order valence-electron chi connectivity index (χ3n) is 3.47. The molecule has 0 aliphatic heterocycles. The molecular weight excluding hydrogens is 213 g/mol. The summed E-state index contributed by atoms with van der Waals surface area (Å²) in [6.45, 7) is 0. The SMILES string of the molecule is NC(/C1=C/CCCCCC1)c1ccccc1F. The number of nitrogens with two attached hydrogens (primary N) is 1. The largest absolute Gasteiger partial charge is 0.320 e. The molecular formula is C15H20FN. The Morgan fingerprint density at radius 3 is 2.65 bits per heavy atom. The molecule has 0 amide bonds. The molecule has 1 nitrogen and oxygen atoms in total. The van der Waals surface area contributed by atoms with Gasteiger partial charge in [-0.1, -0.05) is 42.7 Å². The maximum atomic E-state index is 13.7. The van der Waals surface area contributed by atoms with E-state index in [1.54, 1.807) is 12.1 Å². The predicted octanol–water partition coefficient (Wildman–Crippen LogP) is 4.11. The minimum absolute atomic E-state index is 0.192. The molecule has 0 spiro atoms. The quantitative estimate of drug-likeness (QED) is 0.764. The molecule has 2 rings (SSSR count). The Labute approximate surface area is 103 Å². The Balaban J connectivity index is 2.18. The van der Waals surface area contributed by atoms with Gasteiger partial charge in [-0.2, -0.15) is 0 Å². The van der Waals surface area contributed by atoms with Gasteiger partial charge in [0.05, 0.1) is 6.04 Å². The van der Waals surface area contributed by atoms with Gasteiger partial charge in [-0.05, 0) is 31.7 Å². The normalized spacial score (nSPS) is 22.1. The molecule has 2 heteroatoms. The zero-order valence-electron chi connectivity index (χ0n) is 10.2. The first-order valence-corrected chi connectivity index (χ1v) is 6.48. The van der Waals surface area contributed by atoms with Crippen LogP contribution in [0.4, 0.5) is 4.39 Å². The van der Waals surface area contributed by atoms with Gasteiger partial charge in [0.2, 0.25) is 0 Å². The fraction of sp³-hybridized carbons (Fsp3) is 0.467. The first-order chi connectivity index (χ1) is 8.29. The van der Waals surface area contributed by atoms with E-state index in [1.165, 1.54) is 37.3 Å². The van der Waals surface area contributed by atoms with Crippen molar-refractivity contribution < 1.29 is 4.39 Å². The summed E-state index contributed by atoms with van der Waals surface area (Å²) in [5.74, 6) is -0.192.